The van der Waals surface area contributed by atoms with Gasteiger partial charge in [-0.1, -0.05) is 29.3 Å². The molecule has 4 heteroatoms. The molecule has 1 fully saturated rings. The van der Waals surface area contributed by atoms with Crippen molar-refractivity contribution in [3.63, 3.8) is 0 Å². The summed E-state index contributed by atoms with van der Waals surface area (Å²) >= 11 is 12.0. The van der Waals surface area contributed by atoms with Crippen LogP contribution in [0.25, 0.3) is 0 Å². The highest BCUT2D eigenvalue weighted by molar-refractivity contribution is 6.36. The van der Waals surface area contributed by atoms with E-state index in [1.54, 1.807) is 18.2 Å². The van der Waals surface area contributed by atoms with Gasteiger partial charge >= 0.3 is 0 Å². The molecule has 2 N–H and O–H groups in total. The first-order chi connectivity index (χ1) is 7.50. The molecule has 0 heterocycles. The lowest BCUT2D eigenvalue weighted by Crippen LogP contribution is -2.26. The number of rotatable bonds is 2. The van der Waals surface area contributed by atoms with Crippen LogP contribution in [0.3, 0.4) is 0 Å². The van der Waals surface area contributed by atoms with Gasteiger partial charge in [-0.05, 0) is 37.0 Å². The predicted octanol–water partition coefficient (Wildman–Crippen LogP) is 3.76. The van der Waals surface area contributed by atoms with Gasteiger partial charge in [0.15, 0.2) is 0 Å². The summed E-state index contributed by atoms with van der Waals surface area (Å²) in [5.74, 6) is 0. The second-order valence-electron chi connectivity index (χ2n) is 4.53. The zero-order valence-corrected chi connectivity index (χ0v) is 10.4. The fourth-order valence-corrected chi connectivity index (χ4v) is 2.83. The molecule has 2 atom stereocenters. The first-order valence-corrected chi connectivity index (χ1v) is 6.13. The summed E-state index contributed by atoms with van der Waals surface area (Å²) in [6, 6.07) is 5.20. The summed E-state index contributed by atoms with van der Waals surface area (Å²) in [4.78, 5) is 0. The third kappa shape index (κ3) is 2.50. The van der Waals surface area contributed by atoms with Crippen molar-refractivity contribution < 1.29 is 4.39 Å². The normalized spacial score (nSPS) is 29.6. The fourth-order valence-electron chi connectivity index (χ4n) is 2.30. The fraction of sp³-hybridized carbons (Fsp3) is 0.500. The Morgan fingerprint density at radius 1 is 1.38 bits per heavy atom. The highest BCUT2D eigenvalue weighted by Crippen LogP contribution is 2.39. The first-order valence-electron chi connectivity index (χ1n) is 5.38. The molecule has 0 aliphatic heterocycles. The van der Waals surface area contributed by atoms with Crippen LogP contribution in [0, 0.1) is 0 Å². The van der Waals surface area contributed by atoms with Gasteiger partial charge in [-0.3, -0.25) is 0 Å². The maximum absolute atomic E-state index is 14.4. The average Bonchev–Trinajstić information content (AvgIpc) is 2.53. The van der Waals surface area contributed by atoms with Crippen molar-refractivity contribution in [1.82, 2.24) is 0 Å². The molecular formula is C12H14Cl2FN. The highest BCUT2D eigenvalue weighted by atomic mass is 35.5. The molecule has 1 aromatic carbocycles. The SMILES string of the molecule is NC1CCC(F)(Cc2c(Cl)cccc2Cl)C1. The standard InChI is InChI=1S/C12H14Cl2FN/c13-10-2-1-3-11(14)9(10)7-12(15)5-4-8(16)6-12/h1-3,8H,4-7,16H2. The summed E-state index contributed by atoms with van der Waals surface area (Å²) in [5.41, 5.74) is 5.19. The second kappa shape index (κ2) is 4.52. The zero-order valence-electron chi connectivity index (χ0n) is 8.85. The van der Waals surface area contributed by atoms with Gasteiger partial charge < -0.3 is 5.73 Å². The van der Waals surface area contributed by atoms with Gasteiger partial charge in [0.05, 0.1) is 0 Å². The van der Waals surface area contributed by atoms with Crippen LogP contribution in [0.4, 0.5) is 4.39 Å². The Bertz CT molecular complexity index is 376. The van der Waals surface area contributed by atoms with E-state index in [0.717, 1.165) is 6.42 Å². The van der Waals surface area contributed by atoms with Crippen LogP contribution in [0.15, 0.2) is 18.2 Å². The average molecular weight is 262 g/mol. The van der Waals surface area contributed by atoms with Crippen molar-refractivity contribution in [2.45, 2.75) is 37.4 Å². The maximum Gasteiger partial charge on any atom is 0.116 e. The topological polar surface area (TPSA) is 26.0 Å². The summed E-state index contributed by atoms with van der Waals surface area (Å²) in [6.07, 6.45) is 1.89. The largest absolute Gasteiger partial charge is 0.328 e. The Kier molecular flexibility index (Phi) is 3.43. The molecule has 1 aliphatic carbocycles. The maximum atomic E-state index is 14.4. The molecule has 0 spiro atoms. The quantitative estimate of drug-likeness (QED) is 0.862. The van der Waals surface area contributed by atoms with E-state index in [0.29, 0.717) is 28.5 Å². The second-order valence-corrected chi connectivity index (χ2v) is 5.35. The van der Waals surface area contributed by atoms with E-state index >= 15 is 0 Å². The van der Waals surface area contributed by atoms with E-state index in [9.17, 15) is 4.39 Å². The van der Waals surface area contributed by atoms with Crippen LogP contribution in [0.1, 0.15) is 24.8 Å². The van der Waals surface area contributed by atoms with Gasteiger partial charge in [0, 0.05) is 22.5 Å². The van der Waals surface area contributed by atoms with Crippen molar-refractivity contribution in [3.8, 4) is 0 Å². The molecular weight excluding hydrogens is 248 g/mol. The minimum absolute atomic E-state index is 0.0359. The lowest BCUT2D eigenvalue weighted by molar-refractivity contribution is 0.171. The van der Waals surface area contributed by atoms with Gasteiger partial charge in [0.2, 0.25) is 0 Å². The van der Waals surface area contributed by atoms with E-state index in [4.69, 9.17) is 28.9 Å². The zero-order chi connectivity index (χ0) is 11.8. The Morgan fingerprint density at radius 2 is 2.00 bits per heavy atom. The van der Waals surface area contributed by atoms with Crippen LogP contribution in [0.2, 0.25) is 10.0 Å². The molecule has 0 amide bonds. The van der Waals surface area contributed by atoms with Gasteiger partial charge in [0.1, 0.15) is 5.67 Å². The summed E-state index contributed by atoms with van der Waals surface area (Å²) in [6.45, 7) is 0. The first kappa shape index (κ1) is 12.2. The third-order valence-corrected chi connectivity index (χ3v) is 3.85. The van der Waals surface area contributed by atoms with Crippen molar-refractivity contribution in [2.75, 3.05) is 0 Å². The predicted molar refractivity (Wildman–Crippen MR) is 65.8 cm³/mol. The molecule has 1 aliphatic rings. The molecule has 0 radical (unpaired) electrons. The number of nitrogens with two attached hydrogens (primary N) is 1. The lowest BCUT2D eigenvalue weighted by Gasteiger charge is -2.20. The Balaban J connectivity index is 2.21. The minimum atomic E-state index is -1.24. The molecule has 1 saturated carbocycles. The lowest BCUT2D eigenvalue weighted by atomic mass is 9.94. The van der Waals surface area contributed by atoms with Gasteiger partial charge in [-0.15, -0.1) is 0 Å². The third-order valence-electron chi connectivity index (χ3n) is 3.15. The van der Waals surface area contributed by atoms with Gasteiger partial charge in [0.25, 0.3) is 0 Å². The van der Waals surface area contributed by atoms with Crippen LogP contribution in [-0.2, 0) is 6.42 Å². The highest BCUT2D eigenvalue weighted by Gasteiger charge is 2.38. The minimum Gasteiger partial charge on any atom is -0.328 e. The number of halogens is 3. The summed E-state index contributed by atoms with van der Waals surface area (Å²) in [5, 5.41) is 1.06. The molecule has 16 heavy (non-hydrogen) atoms. The monoisotopic (exact) mass is 261 g/mol. The van der Waals surface area contributed by atoms with Crippen molar-refractivity contribution in [2.24, 2.45) is 5.73 Å². The van der Waals surface area contributed by atoms with Crippen LogP contribution >= 0.6 is 23.2 Å². The molecule has 1 aromatic rings. The molecule has 88 valence electrons. The number of hydrogen-bond donors (Lipinski definition) is 1. The molecule has 1 nitrogen and oxygen atoms in total. The van der Waals surface area contributed by atoms with Gasteiger partial charge in [-0.2, -0.15) is 0 Å². The Morgan fingerprint density at radius 3 is 2.50 bits per heavy atom. The number of hydrogen-bond acceptors (Lipinski definition) is 1. The van der Waals surface area contributed by atoms with Crippen LogP contribution < -0.4 is 5.73 Å². The molecule has 2 unspecified atom stereocenters. The van der Waals surface area contributed by atoms with Crippen LogP contribution in [0.5, 0.6) is 0 Å². The number of benzene rings is 1. The van der Waals surface area contributed by atoms with E-state index in [1.165, 1.54) is 0 Å². The van der Waals surface area contributed by atoms with E-state index in [1.807, 2.05) is 0 Å². The van der Waals surface area contributed by atoms with E-state index in [-0.39, 0.29) is 12.5 Å². The van der Waals surface area contributed by atoms with Crippen LogP contribution in [-0.4, -0.2) is 11.7 Å². The Hall–Kier alpha value is -0.310. The van der Waals surface area contributed by atoms with Crippen molar-refractivity contribution in [1.29, 1.82) is 0 Å². The Labute approximate surface area is 105 Å². The molecule has 0 aromatic heterocycles. The van der Waals surface area contributed by atoms with E-state index < -0.39 is 5.67 Å². The molecule has 0 bridgehead atoms. The van der Waals surface area contributed by atoms with Crippen molar-refractivity contribution in [3.05, 3.63) is 33.8 Å². The summed E-state index contributed by atoms with van der Waals surface area (Å²) < 4.78 is 14.4. The summed E-state index contributed by atoms with van der Waals surface area (Å²) in [7, 11) is 0. The molecule has 0 saturated heterocycles. The van der Waals surface area contributed by atoms with Crippen molar-refractivity contribution >= 4 is 23.2 Å². The van der Waals surface area contributed by atoms with Gasteiger partial charge in [-0.25, -0.2) is 4.39 Å². The molecule has 2 rings (SSSR count). The van der Waals surface area contributed by atoms with E-state index in [2.05, 4.69) is 0 Å². The number of alkyl halides is 1. The smallest absolute Gasteiger partial charge is 0.116 e.